The second kappa shape index (κ2) is 8.46. The summed E-state index contributed by atoms with van der Waals surface area (Å²) >= 11 is 0. The highest BCUT2D eigenvalue weighted by atomic mass is 35.5. The molecule has 3 rings (SSSR count). The van der Waals surface area contributed by atoms with Gasteiger partial charge in [0.05, 0.1) is 7.11 Å². The van der Waals surface area contributed by atoms with Crippen LogP contribution in [0.2, 0.25) is 0 Å². The summed E-state index contributed by atoms with van der Waals surface area (Å²) in [5, 5.41) is 0. The molecule has 4 heteroatoms. The van der Waals surface area contributed by atoms with Crippen molar-refractivity contribution in [3.63, 3.8) is 0 Å². The highest BCUT2D eigenvalue weighted by molar-refractivity contribution is 5.85. The molecule has 0 fully saturated rings. The minimum Gasteiger partial charge on any atom is -0.497 e. The van der Waals surface area contributed by atoms with Crippen molar-refractivity contribution in [1.82, 2.24) is 0 Å². The van der Waals surface area contributed by atoms with Crippen molar-refractivity contribution in [3.8, 4) is 11.5 Å². The average molecular weight is 294 g/mol. The third-order valence-corrected chi connectivity index (χ3v) is 2.90. The first-order valence-corrected chi connectivity index (χ1v) is 6.36. The number of ether oxygens (including phenoxy) is 2. The molecule has 1 heterocycles. The molecule has 0 radical (unpaired) electrons. The minimum atomic E-state index is 0. The monoisotopic (exact) mass is 293 g/mol. The Balaban J connectivity index is 0.000000197. The van der Waals surface area contributed by atoms with E-state index in [0.717, 1.165) is 24.5 Å². The lowest BCUT2D eigenvalue weighted by atomic mass is 10.1. The van der Waals surface area contributed by atoms with Crippen LogP contribution in [0, 0.1) is 0 Å². The van der Waals surface area contributed by atoms with Crippen LogP contribution in [-0.2, 0) is 13.0 Å². The molecule has 0 unspecified atom stereocenters. The Kier molecular flexibility index (Phi) is 6.91. The SMILES string of the molecule is COc1ccc(CCN)cc1.Cl.c1cc2cc(c1)OC2. The van der Waals surface area contributed by atoms with E-state index in [4.69, 9.17) is 15.2 Å². The van der Waals surface area contributed by atoms with E-state index in [1.54, 1.807) is 7.11 Å². The molecule has 0 saturated carbocycles. The molecule has 2 bridgehead atoms. The number of rotatable bonds is 3. The summed E-state index contributed by atoms with van der Waals surface area (Å²) in [6, 6.07) is 16.1. The predicted molar refractivity (Wildman–Crippen MR) is 83.8 cm³/mol. The molecule has 0 aliphatic carbocycles. The van der Waals surface area contributed by atoms with Crippen LogP contribution in [0.3, 0.4) is 0 Å². The van der Waals surface area contributed by atoms with Crippen molar-refractivity contribution in [2.75, 3.05) is 13.7 Å². The van der Waals surface area contributed by atoms with Crippen LogP contribution >= 0.6 is 12.4 Å². The van der Waals surface area contributed by atoms with Crippen LogP contribution in [-0.4, -0.2) is 13.7 Å². The van der Waals surface area contributed by atoms with Crippen LogP contribution in [0.15, 0.2) is 48.5 Å². The van der Waals surface area contributed by atoms with Crippen molar-refractivity contribution in [2.45, 2.75) is 13.0 Å². The van der Waals surface area contributed by atoms with Crippen LogP contribution in [0.4, 0.5) is 0 Å². The maximum absolute atomic E-state index is 5.40. The van der Waals surface area contributed by atoms with Gasteiger partial charge in [0.15, 0.2) is 0 Å². The Labute approximate surface area is 126 Å². The normalized spacial score (nSPS) is 10.7. The number of fused-ring (bicyclic) bond motifs is 2. The van der Waals surface area contributed by atoms with Gasteiger partial charge in [-0.2, -0.15) is 0 Å². The Bertz CT molecular complexity index is 495. The third kappa shape index (κ3) is 4.76. The lowest BCUT2D eigenvalue weighted by Crippen LogP contribution is -2.02. The molecule has 1 aliphatic heterocycles. The summed E-state index contributed by atoms with van der Waals surface area (Å²) in [6.07, 6.45) is 0.935. The van der Waals surface area contributed by atoms with E-state index >= 15 is 0 Å². The summed E-state index contributed by atoms with van der Waals surface area (Å²) < 4.78 is 10.2. The number of hydrogen-bond acceptors (Lipinski definition) is 3. The number of hydrogen-bond donors (Lipinski definition) is 1. The van der Waals surface area contributed by atoms with E-state index in [2.05, 4.69) is 12.1 Å². The fourth-order valence-corrected chi connectivity index (χ4v) is 1.85. The largest absolute Gasteiger partial charge is 0.497 e. The van der Waals surface area contributed by atoms with Gasteiger partial charge in [0.2, 0.25) is 0 Å². The molecule has 2 aromatic carbocycles. The lowest BCUT2D eigenvalue weighted by molar-refractivity contribution is 0.328. The van der Waals surface area contributed by atoms with Crippen LogP contribution in [0.25, 0.3) is 0 Å². The highest BCUT2D eigenvalue weighted by Gasteiger charge is 2.03. The number of methoxy groups -OCH3 is 1. The van der Waals surface area contributed by atoms with Gasteiger partial charge in [0, 0.05) is 0 Å². The van der Waals surface area contributed by atoms with E-state index in [0.29, 0.717) is 6.54 Å². The van der Waals surface area contributed by atoms with Gasteiger partial charge < -0.3 is 15.2 Å². The van der Waals surface area contributed by atoms with Crippen molar-refractivity contribution in [1.29, 1.82) is 0 Å². The summed E-state index contributed by atoms with van der Waals surface area (Å²) in [7, 11) is 1.66. The molecule has 0 saturated heterocycles. The Hall–Kier alpha value is -1.71. The number of benzene rings is 2. The van der Waals surface area contributed by atoms with Crippen molar-refractivity contribution in [2.24, 2.45) is 5.73 Å². The van der Waals surface area contributed by atoms with E-state index in [1.165, 1.54) is 11.1 Å². The van der Waals surface area contributed by atoms with Gasteiger partial charge >= 0.3 is 0 Å². The van der Waals surface area contributed by atoms with Crippen molar-refractivity contribution >= 4 is 12.4 Å². The quantitative estimate of drug-likeness (QED) is 0.945. The van der Waals surface area contributed by atoms with Gasteiger partial charge in [-0.05, 0) is 48.4 Å². The van der Waals surface area contributed by atoms with Crippen molar-refractivity contribution < 1.29 is 9.47 Å². The Morgan fingerprint density at radius 3 is 2.45 bits per heavy atom. The standard InChI is InChI=1S/C9H13NO.C7H6O.ClH/c1-11-9-4-2-8(3-5-9)6-7-10;1-2-6-4-7(3-1)8-5-6;/h2-5H,6-7,10H2,1H3;1-4H,5H2;1H. The summed E-state index contributed by atoms with van der Waals surface area (Å²) in [5.41, 5.74) is 7.94. The zero-order valence-corrected chi connectivity index (χ0v) is 12.4. The van der Waals surface area contributed by atoms with Gasteiger partial charge in [-0.25, -0.2) is 0 Å². The van der Waals surface area contributed by atoms with Gasteiger partial charge in [-0.3, -0.25) is 0 Å². The second-order valence-corrected chi connectivity index (χ2v) is 4.32. The fraction of sp³-hybridized carbons (Fsp3) is 0.250. The van der Waals surface area contributed by atoms with Crippen LogP contribution in [0.1, 0.15) is 11.1 Å². The summed E-state index contributed by atoms with van der Waals surface area (Å²) in [5.74, 6) is 1.90. The van der Waals surface area contributed by atoms with E-state index < -0.39 is 0 Å². The minimum absolute atomic E-state index is 0. The van der Waals surface area contributed by atoms with Gasteiger partial charge in [-0.1, -0.05) is 24.3 Å². The number of halogens is 1. The Morgan fingerprint density at radius 2 is 1.90 bits per heavy atom. The molecule has 2 aromatic rings. The molecule has 20 heavy (non-hydrogen) atoms. The molecule has 0 amide bonds. The maximum Gasteiger partial charge on any atom is 0.120 e. The smallest absolute Gasteiger partial charge is 0.120 e. The van der Waals surface area contributed by atoms with Crippen molar-refractivity contribution in [3.05, 3.63) is 59.7 Å². The maximum atomic E-state index is 5.40. The molecule has 0 atom stereocenters. The first-order valence-electron chi connectivity index (χ1n) is 6.36. The molecule has 1 aliphatic rings. The first kappa shape index (κ1) is 16.3. The summed E-state index contributed by atoms with van der Waals surface area (Å²) in [4.78, 5) is 0. The van der Waals surface area contributed by atoms with Gasteiger partial charge in [-0.15, -0.1) is 12.4 Å². The fourth-order valence-electron chi connectivity index (χ4n) is 1.85. The van der Waals surface area contributed by atoms with Gasteiger partial charge in [0.25, 0.3) is 0 Å². The topological polar surface area (TPSA) is 44.5 Å². The predicted octanol–water partition coefficient (Wildman–Crippen LogP) is 3.20. The first-order chi connectivity index (χ1) is 9.31. The molecular weight excluding hydrogens is 274 g/mol. The average Bonchev–Trinajstić information content (AvgIpc) is 2.79. The highest BCUT2D eigenvalue weighted by Crippen LogP contribution is 2.20. The van der Waals surface area contributed by atoms with Gasteiger partial charge in [0.1, 0.15) is 18.1 Å². The third-order valence-electron chi connectivity index (χ3n) is 2.90. The molecule has 2 N–H and O–H groups in total. The second-order valence-electron chi connectivity index (χ2n) is 4.32. The lowest BCUT2D eigenvalue weighted by Gasteiger charge is -2.00. The zero-order chi connectivity index (χ0) is 13.5. The van der Waals surface area contributed by atoms with E-state index in [1.807, 2.05) is 36.4 Å². The Morgan fingerprint density at radius 1 is 1.15 bits per heavy atom. The van der Waals surface area contributed by atoms with Crippen LogP contribution in [0.5, 0.6) is 11.5 Å². The molecule has 3 nitrogen and oxygen atoms in total. The number of nitrogens with two attached hydrogens (primary N) is 1. The molecular formula is C16H20ClNO2. The molecule has 108 valence electrons. The molecule has 0 aromatic heterocycles. The summed E-state index contributed by atoms with van der Waals surface area (Å²) in [6.45, 7) is 1.47. The van der Waals surface area contributed by atoms with E-state index in [9.17, 15) is 0 Å². The van der Waals surface area contributed by atoms with Crippen LogP contribution < -0.4 is 15.2 Å². The molecule has 0 spiro atoms. The zero-order valence-electron chi connectivity index (χ0n) is 11.5. The van der Waals surface area contributed by atoms with E-state index in [-0.39, 0.29) is 12.4 Å².